The summed E-state index contributed by atoms with van der Waals surface area (Å²) in [5.74, 6) is 0.422. The van der Waals surface area contributed by atoms with Crippen LogP contribution in [-0.4, -0.2) is 16.2 Å². The van der Waals surface area contributed by atoms with Crippen LogP contribution >= 0.6 is 23.2 Å². The van der Waals surface area contributed by atoms with Crippen molar-refractivity contribution in [3.8, 4) is 11.1 Å². The number of urea groups is 1. The van der Waals surface area contributed by atoms with E-state index >= 15 is 0 Å². The van der Waals surface area contributed by atoms with Crippen LogP contribution in [-0.2, 0) is 0 Å². The highest BCUT2D eigenvalue weighted by molar-refractivity contribution is 6.34. The molecule has 4 rings (SSSR count). The summed E-state index contributed by atoms with van der Waals surface area (Å²) in [7, 11) is 0. The molecule has 0 saturated heterocycles. The number of halogens is 2. The van der Waals surface area contributed by atoms with Gasteiger partial charge < -0.3 is 5.32 Å². The standard InChI is InChI=1S/C20H14Cl2N4O/c21-13-6-8-14(9-7-13)23-20(27)24-19-16-10-15(12-4-2-1-3-5-12)17(22)11-18(16)25-26-19/h1-11H,(H3,23,24,25,26,27). The fourth-order valence-electron chi connectivity index (χ4n) is 2.78. The third-order valence-corrected chi connectivity index (χ3v) is 4.63. The van der Waals surface area contributed by atoms with E-state index in [2.05, 4.69) is 20.8 Å². The van der Waals surface area contributed by atoms with Gasteiger partial charge in [0.1, 0.15) is 0 Å². The van der Waals surface area contributed by atoms with E-state index < -0.39 is 6.03 Å². The zero-order chi connectivity index (χ0) is 18.8. The molecule has 27 heavy (non-hydrogen) atoms. The first-order valence-corrected chi connectivity index (χ1v) is 8.92. The van der Waals surface area contributed by atoms with Gasteiger partial charge in [0.2, 0.25) is 0 Å². The molecule has 7 heteroatoms. The predicted molar refractivity (Wildman–Crippen MR) is 111 cm³/mol. The zero-order valence-electron chi connectivity index (χ0n) is 14.0. The molecular weight excluding hydrogens is 383 g/mol. The number of aromatic amines is 1. The van der Waals surface area contributed by atoms with Gasteiger partial charge in [-0.25, -0.2) is 4.79 Å². The number of hydrogen-bond donors (Lipinski definition) is 3. The fraction of sp³-hybridized carbons (Fsp3) is 0. The van der Waals surface area contributed by atoms with Crippen molar-refractivity contribution < 1.29 is 4.79 Å². The predicted octanol–water partition coefficient (Wildman–Crippen LogP) is 6.18. The number of H-pyrrole nitrogens is 1. The van der Waals surface area contributed by atoms with E-state index in [0.29, 0.717) is 21.6 Å². The molecule has 0 spiro atoms. The molecule has 0 saturated carbocycles. The lowest BCUT2D eigenvalue weighted by atomic mass is 10.0. The molecule has 0 aliphatic carbocycles. The van der Waals surface area contributed by atoms with Crippen molar-refractivity contribution in [2.75, 3.05) is 10.6 Å². The van der Waals surface area contributed by atoms with Crippen LogP contribution < -0.4 is 10.6 Å². The Kier molecular flexibility index (Phi) is 4.71. The van der Waals surface area contributed by atoms with Crippen molar-refractivity contribution in [1.82, 2.24) is 10.2 Å². The van der Waals surface area contributed by atoms with Crippen molar-refractivity contribution in [1.29, 1.82) is 0 Å². The lowest BCUT2D eigenvalue weighted by molar-refractivity contribution is 0.262. The first kappa shape index (κ1) is 17.4. The second-order valence-corrected chi connectivity index (χ2v) is 6.75. The summed E-state index contributed by atoms with van der Waals surface area (Å²) >= 11 is 12.3. The van der Waals surface area contributed by atoms with Crippen LogP contribution in [0.15, 0.2) is 66.7 Å². The van der Waals surface area contributed by atoms with Crippen LogP contribution in [0.5, 0.6) is 0 Å². The number of carbonyl (C=O) groups is 1. The highest BCUT2D eigenvalue weighted by atomic mass is 35.5. The molecule has 0 atom stereocenters. The summed E-state index contributed by atoms with van der Waals surface area (Å²) in [6, 6.07) is 20.0. The molecule has 0 bridgehead atoms. The van der Waals surface area contributed by atoms with Gasteiger partial charge in [-0.1, -0.05) is 53.5 Å². The fourth-order valence-corrected chi connectivity index (χ4v) is 3.17. The Morgan fingerprint density at radius 1 is 0.926 bits per heavy atom. The molecule has 0 aliphatic rings. The largest absolute Gasteiger partial charge is 0.324 e. The highest BCUT2D eigenvalue weighted by Crippen LogP contribution is 2.34. The average molecular weight is 397 g/mol. The van der Waals surface area contributed by atoms with Crippen molar-refractivity contribution in [2.45, 2.75) is 0 Å². The highest BCUT2D eigenvalue weighted by Gasteiger charge is 2.13. The summed E-state index contributed by atoms with van der Waals surface area (Å²) in [5.41, 5.74) is 3.22. The minimum atomic E-state index is -0.401. The van der Waals surface area contributed by atoms with Crippen LogP contribution in [0.4, 0.5) is 16.3 Å². The Bertz CT molecular complexity index is 1110. The van der Waals surface area contributed by atoms with Gasteiger partial charge in [0.25, 0.3) is 0 Å². The average Bonchev–Trinajstić information content (AvgIpc) is 3.05. The first-order chi connectivity index (χ1) is 13.1. The smallest absolute Gasteiger partial charge is 0.308 e. The van der Waals surface area contributed by atoms with E-state index in [1.54, 1.807) is 30.3 Å². The molecule has 0 aliphatic heterocycles. The van der Waals surface area contributed by atoms with Gasteiger partial charge in [-0.05, 0) is 42.0 Å². The summed E-state index contributed by atoms with van der Waals surface area (Å²) in [4.78, 5) is 12.3. The van der Waals surface area contributed by atoms with Gasteiger partial charge in [-0.2, -0.15) is 5.10 Å². The maximum Gasteiger partial charge on any atom is 0.324 e. The van der Waals surface area contributed by atoms with Gasteiger partial charge in [-0.3, -0.25) is 10.4 Å². The van der Waals surface area contributed by atoms with Gasteiger partial charge in [0.05, 0.1) is 10.5 Å². The number of nitrogens with zero attached hydrogens (tertiary/aromatic N) is 1. The number of hydrogen-bond acceptors (Lipinski definition) is 2. The molecular formula is C20H14Cl2N4O. The number of fused-ring (bicyclic) bond motifs is 1. The molecule has 0 fully saturated rings. The van der Waals surface area contributed by atoms with E-state index in [4.69, 9.17) is 23.2 Å². The van der Waals surface area contributed by atoms with E-state index in [9.17, 15) is 4.79 Å². The Morgan fingerprint density at radius 3 is 2.41 bits per heavy atom. The quantitative estimate of drug-likeness (QED) is 0.386. The Hall–Kier alpha value is -3.02. The molecule has 1 aromatic heterocycles. The van der Waals surface area contributed by atoms with E-state index in [0.717, 1.165) is 22.0 Å². The van der Waals surface area contributed by atoms with Gasteiger partial charge in [0.15, 0.2) is 5.82 Å². The number of carbonyl (C=O) groups excluding carboxylic acids is 1. The van der Waals surface area contributed by atoms with Crippen molar-refractivity contribution >= 4 is 51.6 Å². The summed E-state index contributed by atoms with van der Waals surface area (Å²) in [5, 5.41) is 14.6. The number of nitrogens with one attached hydrogen (secondary N) is 3. The summed E-state index contributed by atoms with van der Waals surface area (Å²) in [6.07, 6.45) is 0. The maximum atomic E-state index is 12.3. The van der Waals surface area contributed by atoms with Crippen molar-refractivity contribution in [3.05, 3.63) is 76.8 Å². The molecule has 2 amide bonds. The molecule has 3 aromatic carbocycles. The third-order valence-electron chi connectivity index (χ3n) is 4.07. The molecule has 1 heterocycles. The van der Waals surface area contributed by atoms with Gasteiger partial charge >= 0.3 is 6.03 Å². The minimum absolute atomic E-state index is 0.401. The number of aromatic nitrogens is 2. The summed E-state index contributed by atoms with van der Waals surface area (Å²) < 4.78 is 0. The summed E-state index contributed by atoms with van der Waals surface area (Å²) in [6.45, 7) is 0. The Labute approximate surface area is 165 Å². The van der Waals surface area contributed by atoms with Crippen LogP contribution in [0.2, 0.25) is 10.0 Å². The zero-order valence-corrected chi connectivity index (χ0v) is 15.5. The maximum absolute atomic E-state index is 12.3. The van der Waals surface area contributed by atoms with Crippen molar-refractivity contribution in [2.24, 2.45) is 0 Å². The molecule has 134 valence electrons. The second kappa shape index (κ2) is 7.31. The Morgan fingerprint density at radius 2 is 1.67 bits per heavy atom. The van der Waals surface area contributed by atoms with Gasteiger partial charge in [-0.15, -0.1) is 0 Å². The molecule has 3 N–H and O–H groups in total. The normalized spacial score (nSPS) is 10.7. The number of amides is 2. The molecule has 4 aromatic rings. The van der Waals surface area contributed by atoms with Crippen LogP contribution in [0.1, 0.15) is 0 Å². The number of rotatable bonds is 3. The topological polar surface area (TPSA) is 69.8 Å². The molecule has 0 unspecified atom stereocenters. The van der Waals surface area contributed by atoms with Crippen LogP contribution in [0.3, 0.4) is 0 Å². The van der Waals surface area contributed by atoms with Crippen LogP contribution in [0, 0.1) is 0 Å². The van der Waals surface area contributed by atoms with Crippen LogP contribution in [0.25, 0.3) is 22.0 Å². The second-order valence-electron chi connectivity index (χ2n) is 5.90. The third kappa shape index (κ3) is 3.74. The lowest BCUT2D eigenvalue weighted by Gasteiger charge is -2.07. The lowest BCUT2D eigenvalue weighted by Crippen LogP contribution is -2.19. The molecule has 5 nitrogen and oxygen atoms in total. The number of anilines is 2. The minimum Gasteiger partial charge on any atom is -0.308 e. The Balaban J connectivity index is 1.62. The van der Waals surface area contributed by atoms with Gasteiger partial charge in [0, 0.05) is 21.7 Å². The first-order valence-electron chi connectivity index (χ1n) is 8.17. The monoisotopic (exact) mass is 396 g/mol. The van der Waals surface area contributed by atoms with Crippen molar-refractivity contribution in [3.63, 3.8) is 0 Å². The molecule has 0 radical (unpaired) electrons. The van der Waals surface area contributed by atoms with E-state index in [-0.39, 0.29) is 0 Å². The SMILES string of the molecule is O=C(Nc1ccc(Cl)cc1)Nc1n[nH]c2cc(Cl)c(-c3ccccc3)cc12. The number of benzene rings is 3. The van der Waals surface area contributed by atoms with E-state index in [1.165, 1.54) is 0 Å². The van der Waals surface area contributed by atoms with E-state index in [1.807, 2.05) is 36.4 Å².